The summed E-state index contributed by atoms with van der Waals surface area (Å²) >= 11 is 0. The Hall–Kier alpha value is -1.91. The molecule has 3 N–H and O–H groups in total. The number of fused-ring (bicyclic) bond motifs is 1. The monoisotopic (exact) mass is 175 g/mol. The number of aromatic amines is 1. The van der Waals surface area contributed by atoms with Gasteiger partial charge in [0.05, 0.1) is 6.54 Å². The first kappa shape index (κ1) is 7.72. The molecule has 0 aliphatic heterocycles. The minimum atomic E-state index is 0.488. The van der Waals surface area contributed by atoms with Gasteiger partial charge in [0.15, 0.2) is 0 Å². The molecule has 0 unspecified atom stereocenters. The van der Waals surface area contributed by atoms with Gasteiger partial charge in [-0.2, -0.15) is 5.11 Å². The van der Waals surface area contributed by atoms with E-state index in [1.807, 2.05) is 18.3 Å². The Morgan fingerprint density at radius 2 is 2.46 bits per heavy atom. The number of H-pyrrole nitrogens is 1. The smallest absolute Gasteiger partial charge is 0.137 e. The summed E-state index contributed by atoms with van der Waals surface area (Å²) in [5.74, 6) is 4.92. The number of nitrogens with two attached hydrogens (primary N) is 1. The predicted molar refractivity (Wildman–Crippen MR) is 48.8 cm³/mol. The second-order valence-corrected chi connectivity index (χ2v) is 2.63. The zero-order chi connectivity index (χ0) is 9.10. The quantitative estimate of drug-likeness (QED) is 0.411. The summed E-state index contributed by atoms with van der Waals surface area (Å²) in [6.45, 7) is 0.488. The highest BCUT2D eigenvalue weighted by atomic mass is 15.3. The maximum atomic E-state index is 4.92. The lowest BCUT2D eigenvalue weighted by atomic mass is 10.2. The molecule has 66 valence electrons. The van der Waals surface area contributed by atoms with Crippen LogP contribution in [-0.4, -0.2) is 9.97 Å². The van der Waals surface area contributed by atoms with Gasteiger partial charge < -0.3 is 10.8 Å². The van der Waals surface area contributed by atoms with Gasteiger partial charge in [-0.25, -0.2) is 4.98 Å². The molecule has 0 radical (unpaired) electrons. The van der Waals surface area contributed by atoms with E-state index in [9.17, 15) is 0 Å². The van der Waals surface area contributed by atoms with Crippen LogP contribution < -0.4 is 5.84 Å². The summed E-state index contributed by atoms with van der Waals surface area (Å²) in [6, 6.07) is 3.87. The van der Waals surface area contributed by atoms with Crippen LogP contribution in [0, 0.1) is 0 Å². The van der Waals surface area contributed by atoms with Crippen molar-refractivity contribution in [3.8, 4) is 0 Å². The minimum Gasteiger partial charge on any atom is -0.346 e. The number of hydrogen-bond acceptors (Lipinski definition) is 3. The van der Waals surface area contributed by atoms with Gasteiger partial charge in [0, 0.05) is 23.3 Å². The number of rotatable bonds is 2. The fourth-order valence-electron chi connectivity index (χ4n) is 1.26. The Morgan fingerprint density at radius 1 is 1.54 bits per heavy atom. The van der Waals surface area contributed by atoms with Crippen LogP contribution in [0.15, 0.2) is 34.9 Å². The molecule has 2 aromatic heterocycles. The van der Waals surface area contributed by atoms with E-state index in [4.69, 9.17) is 5.84 Å². The third-order valence-corrected chi connectivity index (χ3v) is 1.86. The highest BCUT2D eigenvalue weighted by Crippen LogP contribution is 2.15. The Kier molecular flexibility index (Phi) is 1.91. The highest BCUT2D eigenvalue weighted by Gasteiger charge is 2.01. The molecule has 0 aliphatic rings. The molecule has 0 aromatic carbocycles. The number of nitrogens with zero attached hydrogens (tertiary/aromatic N) is 3. The van der Waals surface area contributed by atoms with Crippen LogP contribution in [0.2, 0.25) is 0 Å². The summed E-state index contributed by atoms with van der Waals surface area (Å²) in [5.41, 5.74) is 1.92. The molecule has 13 heavy (non-hydrogen) atoms. The Bertz CT molecular complexity index is 431. The van der Waals surface area contributed by atoms with Crippen molar-refractivity contribution in [3.05, 3.63) is 30.1 Å². The molecule has 0 bridgehead atoms. The first-order chi connectivity index (χ1) is 6.42. The number of nitrogens with one attached hydrogen (secondary N) is 1. The van der Waals surface area contributed by atoms with Gasteiger partial charge in [0.2, 0.25) is 0 Å². The summed E-state index contributed by atoms with van der Waals surface area (Å²) in [5, 5.41) is 7.99. The largest absolute Gasteiger partial charge is 0.346 e. The van der Waals surface area contributed by atoms with Crippen molar-refractivity contribution < 1.29 is 0 Å². The van der Waals surface area contributed by atoms with Gasteiger partial charge in [-0.05, 0) is 12.1 Å². The van der Waals surface area contributed by atoms with Crippen molar-refractivity contribution >= 4 is 11.0 Å². The molecule has 2 rings (SSSR count). The molecule has 0 saturated carbocycles. The van der Waals surface area contributed by atoms with Crippen molar-refractivity contribution in [2.24, 2.45) is 16.2 Å². The second kappa shape index (κ2) is 3.22. The molecule has 2 heterocycles. The average molecular weight is 175 g/mol. The van der Waals surface area contributed by atoms with E-state index >= 15 is 0 Å². The average Bonchev–Trinajstić information content (AvgIpc) is 2.58. The fraction of sp³-hybridized carbons (Fsp3) is 0.125. The van der Waals surface area contributed by atoms with Crippen LogP contribution >= 0.6 is 0 Å². The third-order valence-electron chi connectivity index (χ3n) is 1.86. The molecule has 0 spiro atoms. The zero-order valence-electron chi connectivity index (χ0n) is 6.94. The number of aromatic nitrogens is 2. The summed E-state index contributed by atoms with van der Waals surface area (Å²) < 4.78 is 0. The lowest BCUT2D eigenvalue weighted by Gasteiger charge is -1.90. The van der Waals surface area contributed by atoms with Crippen molar-refractivity contribution in [3.63, 3.8) is 0 Å². The van der Waals surface area contributed by atoms with Crippen LogP contribution in [0.1, 0.15) is 5.56 Å². The van der Waals surface area contributed by atoms with E-state index in [1.54, 1.807) is 6.20 Å². The normalized spacial score (nSPS) is 11.4. The maximum absolute atomic E-state index is 4.92. The van der Waals surface area contributed by atoms with E-state index in [2.05, 4.69) is 20.3 Å². The molecule has 5 heteroatoms. The van der Waals surface area contributed by atoms with E-state index < -0.39 is 0 Å². The molecule has 0 amide bonds. The zero-order valence-corrected chi connectivity index (χ0v) is 6.94. The van der Waals surface area contributed by atoms with Gasteiger partial charge in [-0.3, -0.25) is 0 Å². The lowest BCUT2D eigenvalue weighted by Crippen LogP contribution is -1.81. The predicted octanol–water partition coefficient (Wildman–Crippen LogP) is 1.39. The van der Waals surface area contributed by atoms with Crippen molar-refractivity contribution in [1.29, 1.82) is 0 Å². The Morgan fingerprint density at radius 3 is 3.31 bits per heavy atom. The third kappa shape index (κ3) is 1.35. The van der Waals surface area contributed by atoms with Crippen molar-refractivity contribution in [2.45, 2.75) is 6.54 Å². The van der Waals surface area contributed by atoms with Gasteiger partial charge >= 0.3 is 0 Å². The molecule has 0 aliphatic carbocycles. The van der Waals surface area contributed by atoms with Gasteiger partial charge in [-0.15, -0.1) is 0 Å². The van der Waals surface area contributed by atoms with E-state index in [1.165, 1.54) is 0 Å². The van der Waals surface area contributed by atoms with Gasteiger partial charge in [0.1, 0.15) is 5.65 Å². The van der Waals surface area contributed by atoms with Crippen LogP contribution in [0.4, 0.5) is 0 Å². The van der Waals surface area contributed by atoms with Crippen molar-refractivity contribution in [1.82, 2.24) is 9.97 Å². The molecular weight excluding hydrogens is 166 g/mol. The molecule has 0 atom stereocenters. The summed E-state index contributed by atoms with van der Waals surface area (Å²) in [6.07, 6.45) is 3.61. The standard InChI is InChI=1S/C8H9N5/c9-13-12-5-6-4-11-8-7(6)2-1-3-10-8/h1-4H,5H2,(H2,9,12)(H,10,11). The summed E-state index contributed by atoms with van der Waals surface area (Å²) in [4.78, 5) is 7.19. The molecular formula is C8H9N5. The van der Waals surface area contributed by atoms with Crippen LogP contribution in [0.5, 0.6) is 0 Å². The van der Waals surface area contributed by atoms with E-state index in [-0.39, 0.29) is 0 Å². The van der Waals surface area contributed by atoms with Gasteiger partial charge in [0.25, 0.3) is 0 Å². The van der Waals surface area contributed by atoms with E-state index in [0.717, 1.165) is 16.6 Å². The van der Waals surface area contributed by atoms with E-state index in [0.29, 0.717) is 6.54 Å². The molecule has 0 fully saturated rings. The fourth-order valence-corrected chi connectivity index (χ4v) is 1.26. The van der Waals surface area contributed by atoms with Crippen LogP contribution in [0.25, 0.3) is 11.0 Å². The topological polar surface area (TPSA) is 79.4 Å². The van der Waals surface area contributed by atoms with Crippen LogP contribution in [-0.2, 0) is 6.54 Å². The lowest BCUT2D eigenvalue weighted by molar-refractivity contribution is 0.898. The first-order valence-electron chi connectivity index (χ1n) is 3.89. The Labute approximate surface area is 74.7 Å². The number of hydrogen-bond donors (Lipinski definition) is 2. The second-order valence-electron chi connectivity index (χ2n) is 2.63. The highest BCUT2D eigenvalue weighted by molar-refractivity contribution is 5.79. The number of pyridine rings is 1. The van der Waals surface area contributed by atoms with Crippen molar-refractivity contribution in [2.75, 3.05) is 0 Å². The van der Waals surface area contributed by atoms with Gasteiger partial charge in [-0.1, -0.05) is 5.22 Å². The first-order valence-corrected chi connectivity index (χ1v) is 3.89. The molecule has 2 aromatic rings. The Balaban J connectivity index is 2.45. The van der Waals surface area contributed by atoms with Crippen LogP contribution in [0.3, 0.4) is 0 Å². The summed E-state index contributed by atoms with van der Waals surface area (Å²) in [7, 11) is 0. The SMILES string of the molecule is NN=NCc1c[nH]c2ncccc12. The molecule has 0 saturated heterocycles. The minimum absolute atomic E-state index is 0.488. The molecule has 5 nitrogen and oxygen atoms in total. The maximum Gasteiger partial charge on any atom is 0.137 e.